The van der Waals surface area contributed by atoms with Crippen LogP contribution in [0.2, 0.25) is 0 Å². The molecule has 1 aliphatic heterocycles. The third kappa shape index (κ3) is 2.79. The van der Waals surface area contributed by atoms with Gasteiger partial charge in [0.15, 0.2) is 0 Å². The Morgan fingerprint density at radius 1 is 1.48 bits per heavy atom. The molecule has 0 radical (unpaired) electrons. The molecule has 2 heterocycles. The van der Waals surface area contributed by atoms with Gasteiger partial charge in [0.2, 0.25) is 0 Å². The molecule has 1 saturated heterocycles. The van der Waals surface area contributed by atoms with Crippen molar-refractivity contribution in [3.05, 3.63) is 22.4 Å². The summed E-state index contributed by atoms with van der Waals surface area (Å²) in [5.41, 5.74) is 0.261. The quantitative estimate of drug-likeness (QED) is 0.904. The lowest BCUT2D eigenvalue weighted by Gasteiger charge is -2.60. The number of thiophene rings is 1. The van der Waals surface area contributed by atoms with E-state index in [9.17, 15) is 0 Å². The Hall–Kier alpha value is -0.420. The van der Waals surface area contributed by atoms with Gasteiger partial charge in [-0.15, -0.1) is 11.3 Å². The minimum Gasteiger partial charge on any atom is -0.377 e. The lowest BCUT2D eigenvalue weighted by molar-refractivity contribution is -0.193. The number of hydrogen-bond acceptors (Lipinski definition) is 4. The summed E-state index contributed by atoms with van der Waals surface area (Å²) in [7, 11) is 4.34. The topological polar surface area (TPSA) is 24.5 Å². The van der Waals surface area contributed by atoms with Crippen molar-refractivity contribution in [2.75, 3.05) is 27.2 Å². The smallest absolute Gasteiger partial charge is 0.0684 e. The third-order valence-corrected chi connectivity index (χ3v) is 6.33. The van der Waals surface area contributed by atoms with E-state index in [2.05, 4.69) is 55.7 Å². The first-order chi connectivity index (χ1) is 10.0. The van der Waals surface area contributed by atoms with Gasteiger partial charge in [-0.25, -0.2) is 0 Å². The monoisotopic (exact) mass is 308 g/mol. The lowest BCUT2D eigenvalue weighted by atomic mass is 9.55. The van der Waals surface area contributed by atoms with Gasteiger partial charge in [-0.05, 0) is 38.4 Å². The molecule has 1 N–H and O–H groups in total. The van der Waals surface area contributed by atoms with Crippen LogP contribution in [0.1, 0.15) is 37.6 Å². The van der Waals surface area contributed by atoms with Crippen molar-refractivity contribution in [1.82, 2.24) is 10.2 Å². The summed E-state index contributed by atoms with van der Waals surface area (Å²) in [6, 6.07) is 5.44. The number of hydrogen-bond donors (Lipinski definition) is 1. The van der Waals surface area contributed by atoms with Crippen LogP contribution in [0, 0.1) is 11.3 Å². The minimum atomic E-state index is 0.261. The first-order valence-corrected chi connectivity index (χ1v) is 8.94. The van der Waals surface area contributed by atoms with Gasteiger partial charge in [-0.3, -0.25) is 0 Å². The third-order valence-electron chi connectivity index (χ3n) is 5.36. The van der Waals surface area contributed by atoms with Gasteiger partial charge >= 0.3 is 0 Å². The Morgan fingerprint density at radius 3 is 2.95 bits per heavy atom. The predicted octanol–water partition coefficient (Wildman–Crippen LogP) is 3.14. The minimum absolute atomic E-state index is 0.261. The molecule has 2 fully saturated rings. The first-order valence-electron chi connectivity index (χ1n) is 8.06. The second kappa shape index (κ2) is 5.99. The van der Waals surface area contributed by atoms with E-state index < -0.39 is 0 Å². The SMILES string of the molecule is CN(C)C(CNC1C2CCCOC2C1(C)C)c1cccs1. The van der Waals surface area contributed by atoms with Crippen LogP contribution in [0.5, 0.6) is 0 Å². The molecular weight excluding hydrogens is 280 g/mol. The van der Waals surface area contributed by atoms with Gasteiger partial charge in [0.05, 0.1) is 12.1 Å². The molecular formula is C17H28N2OS. The molecule has 4 heteroatoms. The average molecular weight is 308 g/mol. The highest BCUT2D eigenvalue weighted by Crippen LogP contribution is 2.51. The van der Waals surface area contributed by atoms with E-state index in [0.717, 1.165) is 13.2 Å². The zero-order valence-electron chi connectivity index (χ0n) is 13.6. The van der Waals surface area contributed by atoms with Crippen LogP contribution >= 0.6 is 11.3 Å². The second-order valence-corrected chi connectivity index (χ2v) is 8.28. The number of fused-ring (bicyclic) bond motifs is 1. The van der Waals surface area contributed by atoms with Gasteiger partial charge in [0.1, 0.15) is 0 Å². The van der Waals surface area contributed by atoms with Crippen LogP contribution in [0.25, 0.3) is 0 Å². The summed E-state index contributed by atoms with van der Waals surface area (Å²) in [4.78, 5) is 3.76. The maximum absolute atomic E-state index is 6.00. The molecule has 4 unspecified atom stereocenters. The summed E-state index contributed by atoms with van der Waals surface area (Å²) in [6.07, 6.45) is 3.00. The van der Waals surface area contributed by atoms with Crippen LogP contribution in [-0.4, -0.2) is 44.3 Å². The molecule has 2 aliphatic rings. The summed E-state index contributed by atoms with van der Waals surface area (Å²) in [5, 5.41) is 6.03. The highest BCUT2D eigenvalue weighted by atomic mass is 32.1. The van der Waals surface area contributed by atoms with Gasteiger partial charge in [0.25, 0.3) is 0 Å². The second-order valence-electron chi connectivity index (χ2n) is 7.30. The van der Waals surface area contributed by atoms with E-state index in [-0.39, 0.29) is 5.41 Å². The number of ether oxygens (including phenoxy) is 1. The van der Waals surface area contributed by atoms with Crippen LogP contribution in [-0.2, 0) is 4.74 Å². The summed E-state index contributed by atoms with van der Waals surface area (Å²) < 4.78 is 6.00. The van der Waals surface area contributed by atoms with Crippen molar-refractivity contribution < 1.29 is 4.74 Å². The molecule has 3 rings (SSSR count). The molecule has 3 nitrogen and oxygen atoms in total. The first kappa shape index (κ1) is 15.5. The molecule has 0 spiro atoms. The Bertz CT molecular complexity index is 457. The lowest BCUT2D eigenvalue weighted by Crippen LogP contribution is -2.69. The molecule has 0 bridgehead atoms. The van der Waals surface area contributed by atoms with E-state index in [0.29, 0.717) is 24.1 Å². The molecule has 118 valence electrons. The van der Waals surface area contributed by atoms with Crippen LogP contribution in [0.3, 0.4) is 0 Å². The van der Waals surface area contributed by atoms with Crippen LogP contribution < -0.4 is 5.32 Å². The molecule has 1 aromatic heterocycles. The van der Waals surface area contributed by atoms with Crippen molar-refractivity contribution >= 4 is 11.3 Å². The predicted molar refractivity (Wildman–Crippen MR) is 88.8 cm³/mol. The fraction of sp³-hybridized carbons (Fsp3) is 0.765. The molecule has 21 heavy (non-hydrogen) atoms. The zero-order chi connectivity index (χ0) is 15.0. The largest absolute Gasteiger partial charge is 0.377 e. The van der Waals surface area contributed by atoms with E-state index >= 15 is 0 Å². The van der Waals surface area contributed by atoms with Gasteiger partial charge in [0, 0.05) is 35.4 Å². The van der Waals surface area contributed by atoms with Crippen molar-refractivity contribution in [3.63, 3.8) is 0 Å². The zero-order valence-corrected chi connectivity index (χ0v) is 14.5. The number of likely N-dealkylation sites (N-methyl/N-ethyl adjacent to an activating group) is 1. The Labute approximate surface area is 132 Å². The van der Waals surface area contributed by atoms with Crippen LogP contribution in [0.4, 0.5) is 0 Å². The molecule has 0 aromatic carbocycles. The van der Waals surface area contributed by atoms with E-state index in [4.69, 9.17) is 4.74 Å². The van der Waals surface area contributed by atoms with E-state index in [1.165, 1.54) is 17.7 Å². The van der Waals surface area contributed by atoms with Crippen molar-refractivity contribution in [1.29, 1.82) is 0 Å². The van der Waals surface area contributed by atoms with E-state index in [1.54, 1.807) is 0 Å². The van der Waals surface area contributed by atoms with E-state index in [1.807, 2.05) is 11.3 Å². The Kier molecular flexibility index (Phi) is 4.42. The summed E-state index contributed by atoms with van der Waals surface area (Å²) in [5.74, 6) is 0.708. The molecule has 0 amide bonds. The van der Waals surface area contributed by atoms with Crippen molar-refractivity contribution in [2.45, 2.75) is 44.9 Å². The van der Waals surface area contributed by atoms with Gasteiger partial charge < -0.3 is 15.0 Å². The van der Waals surface area contributed by atoms with Crippen molar-refractivity contribution in [2.24, 2.45) is 11.3 Å². The number of rotatable bonds is 5. The maximum atomic E-state index is 6.00. The standard InChI is InChI=1S/C17H28N2OS/c1-17(2)15(12-7-5-9-20-16(12)17)18-11-13(19(3)4)14-8-6-10-21-14/h6,8,10,12-13,15-16,18H,5,7,9,11H2,1-4H3. The fourth-order valence-corrected chi connectivity index (χ4v) is 5.12. The Morgan fingerprint density at radius 2 is 2.29 bits per heavy atom. The number of nitrogens with zero attached hydrogens (tertiary/aromatic N) is 1. The molecule has 1 aliphatic carbocycles. The Balaban J connectivity index is 1.63. The highest BCUT2D eigenvalue weighted by molar-refractivity contribution is 7.10. The van der Waals surface area contributed by atoms with Gasteiger partial charge in [-0.1, -0.05) is 19.9 Å². The maximum Gasteiger partial charge on any atom is 0.0684 e. The van der Waals surface area contributed by atoms with Crippen LogP contribution in [0.15, 0.2) is 17.5 Å². The van der Waals surface area contributed by atoms with Gasteiger partial charge in [-0.2, -0.15) is 0 Å². The fourth-order valence-electron chi connectivity index (χ4n) is 4.19. The molecule has 1 saturated carbocycles. The molecule has 1 aromatic rings. The summed E-state index contributed by atoms with van der Waals surface area (Å²) >= 11 is 1.85. The summed E-state index contributed by atoms with van der Waals surface area (Å²) in [6.45, 7) is 6.68. The highest BCUT2D eigenvalue weighted by Gasteiger charge is 2.57. The average Bonchev–Trinajstić information content (AvgIpc) is 2.96. The molecule has 4 atom stereocenters. The normalized spacial score (nSPS) is 32.5. The number of nitrogens with one attached hydrogen (secondary N) is 1. The van der Waals surface area contributed by atoms with Crippen molar-refractivity contribution in [3.8, 4) is 0 Å².